The summed E-state index contributed by atoms with van der Waals surface area (Å²) >= 11 is 0. The van der Waals surface area contributed by atoms with E-state index in [1.807, 2.05) is 0 Å². The van der Waals surface area contributed by atoms with Gasteiger partial charge < -0.3 is 4.90 Å². The van der Waals surface area contributed by atoms with Crippen molar-refractivity contribution in [1.82, 2.24) is 4.90 Å². The lowest BCUT2D eigenvalue weighted by Crippen LogP contribution is -2.43. The Morgan fingerprint density at radius 3 is 2.00 bits per heavy atom. The van der Waals surface area contributed by atoms with Crippen molar-refractivity contribution in [3.63, 3.8) is 0 Å². The number of rotatable bonds is 2. The number of carbonyl (C=O) groups excluding carboxylic acids is 2. The minimum atomic E-state index is -0.340. The van der Waals surface area contributed by atoms with Gasteiger partial charge in [-0.2, -0.15) is 0 Å². The van der Waals surface area contributed by atoms with Crippen LogP contribution < -0.4 is 0 Å². The van der Waals surface area contributed by atoms with Crippen molar-refractivity contribution < 1.29 is 9.59 Å². The standard InChI is InChI=1S/C14H25NO2/c1-10(14(3,4)5)12-6-8-15(9-7-12)13(17)11(2)16/h10,12H,6-9H2,1-5H3/t10-/m1/s1. The van der Waals surface area contributed by atoms with Crippen molar-refractivity contribution in [3.8, 4) is 0 Å². The molecule has 1 amide bonds. The van der Waals surface area contributed by atoms with E-state index in [9.17, 15) is 9.59 Å². The van der Waals surface area contributed by atoms with Crippen LogP contribution in [0.3, 0.4) is 0 Å². The quantitative estimate of drug-likeness (QED) is 0.694. The van der Waals surface area contributed by atoms with Gasteiger partial charge in [0.15, 0.2) is 0 Å². The molecule has 0 spiro atoms. The van der Waals surface area contributed by atoms with Crippen molar-refractivity contribution in [2.24, 2.45) is 17.3 Å². The minimum absolute atomic E-state index is 0.313. The topological polar surface area (TPSA) is 37.4 Å². The van der Waals surface area contributed by atoms with Crippen LogP contribution in [0.2, 0.25) is 0 Å². The molecule has 0 N–H and O–H groups in total. The monoisotopic (exact) mass is 239 g/mol. The molecule has 0 aliphatic carbocycles. The Kier molecular flexibility index (Phi) is 4.34. The molecule has 0 saturated carbocycles. The van der Waals surface area contributed by atoms with Crippen molar-refractivity contribution in [3.05, 3.63) is 0 Å². The molecule has 0 aromatic rings. The molecule has 0 radical (unpaired) electrons. The predicted octanol–water partition coefficient (Wildman–Crippen LogP) is 2.50. The van der Waals surface area contributed by atoms with Gasteiger partial charge >= 0.3 is 0 Å². The lowest BCUT2D eigenvalue weighted by atomic mass is 9.71. The maximum atomic E-state index is 11.5. The number of amides is 1. The summed E-state index contributed by atoms with van der Waals surface area (Å²) in [6.45, 7) is 11.9. The molecule has 1 rings (SSSR count). The highest BCUT2D eigenvalue weighted by atomic mass is 16.2. The van der Waals surface area contributed by atoms with Gasteiger partial charge in [-0.1, -0.05) is 27.7 Å². The number of likely N-dealkylation sites (tertiary alicyclic amines) is 1. The Bertz CT molecular complexity index is 296. The van der Waals surface area contributed by atoms with Crippen LogP contribution in [0.25, 0.3) is 0 Å². The van der Waals surface area contributed by atoms with Gasteiger partial charge in [0, 0.05) is 20.0 Å². The second-order valence-corrected chi connectivity index (χ2v) is 6.34. The second kappa shape index (κ2) is 5.19. The molecule has 1 aliphatic rings. The van der Waals surface area contributed by atoms with E-state index < -0.39 is 0 Å². The molecule has 1 saturated heterocycles. The zero-order valence-corrected chi connectivity index (χ0v) is 11.7. The third kappa shape index (κ3) is 3.55. The Labute approximate surface area is 105 Å². The van der Waals surface area contributed by atoms with E-state index in [-0.39, 0.29) is 11.7 Å². The van der Waals surface area contributed by atoms with Crippen molar-refractivity contribution in [2.75, 3.05) is 13.1 Å². The Balaban J connectivity index is 2.52. The normalized spacial score (nSPS) is 20.2. The fourth-order valence-corrected chi connectivity index (χ4v) is 2.53. The second-order valence-electron chi connectivity index (χ2n) is 6.34. The molecule has 1 fully saturated rings. The number of Topliss-reactive ketones (excluding diaryl/α,β-unsaturated/α-hetero) is 1. The summed E-state index contributed by atoms with van der Waals surface area (Å²) < 4.78 is 0. The van der Waals surface area contributed by atoms with Gasteiger partial charge in [-0.25, -0.2) is 0 Å². The molecule has 1 atom stereocenters. The third-order valence-electron chi connectivity index (χ3n) is 4.20. The minimum Gasteiger partial charge on any atom is -0.336 e. The molecule has 0 aromatic heterocycles. The third-order valence-corrected chi connectivity index (χ3v) is 4.20. The Hall–Kier alpha value is -0.860. The van der Waals surface area contributed by atoms with E-state index in [4.69, 9.17) is 0 Å². The molecule has 0 unspecified atom stereocenters. The van der Waals surface area contributed by atoms with Crippen LogP contribution in [-0.2, 0) is 9.59 Å². The van der Waals surface area contributed by atoms with Gasteiger partial charge in [-0.05, 0) is 30.1 Å². The average molecular weight is 239 g/mol. The SMILES string of the molecule is CC(=O)C(=O)N1CCC([C@@H](C)C(C)(C)C)CC1. The van der Waals surface area contributed by atoms with Gasteiger partial charge in [0.1, 0.15) is 0 Å². The largest absolute Gasteiger partial charge is 0.336 e. The zero-order valence-electron chi connectivity index (χ0n) is 11.7. The van der Waals surface area contributed by atoms with E-state index in [1.165, 1.54) is 6.92 Å². The summed E-state index contributed by atoms with van der Waals surface area (Å²) in [4.78, 5) is 24.3. The first-order valence-electron chi connectivity index (χ1n) is 6.53. The first-order valence-corrected chi connectivity index (χ1v) is 6.53. The van der Waals surface area contributed by atoms with Crippen LogP contribution in [0.4, 0.5) is 0 Å². The number of carbonyl (C=O) groups is 2. The number of hydrogen-bond donors (Lipinski definition) is 0. The Morgan fingerprint density at radius 2 is 1.65 bits per heavy atom. The van der Waals surface area contributed by atoms with Crippen molar-refractivity contribution in [2.45, 2.75) is 47.5 Å². The van der Waals surface area contributed by atoms with E-state index in [0.29, 0.717) is 17.3 Å². The predicted molar refractivity (Wildman–Crippen MR) is 68.6 cm³/mol. The highest BCUT2D eigenvalue weighted by Gasteiger charge is 2.32. The average Bonchev–Trinajstić information content (AvgIpc) is 2.26. The first kappa shape index (κ1) is 14.2. The lowest BCUT2D eigenvalue weighted by Gasteiger charge is -2.39. The number of ketones is 1. The molecular weight excluding hydrogens is 214 g/mol. The van der Waals surface area contributed by atoms with Gasteiger partial charge in [-0.15, -0.1) is 0 Å². The zero-order chi connectivity index (χ0) is 13.2. The lowest BCUT2D eigenvalue weighted by molar-refractivity contribution is -0.144. The van der Waals surface area contributed by atoms with Gasteiger partial charge in [-0.3, -0.25) is 9.59 Å². The van der Waals surface area contributed by atoms with Crippen LogP contribution in [0.15, 0.2) is 0 Å². The summed E-state index contributed by atoms with van der Waals surface area (Å²) in [5.41, 5.74) is 0.317. The summed E-state index contributed by atoms with van der Waals surface area (Å²) in [6, 6.07) is 0. The molecule has 0 bridgehead atoms. The van der Waals surface area contributed by atoms with Gasteiger partial charge in [0.25, 0.3) is 5.91 Å². The summed E-state index contributed by atoms with van der Waals surface area (Å²) in [5.74, 6) is 0.669. The number of hydrogen-bond acceptors (Lipinski definition) is 2. The van der Waals surface area contributed by atoms with Crippen LogP contribution in [0.1, 0.15) is 47.5 Å². The summed E-state index contributed by atoms with van der Waals surface area (Å²) in [7, 11) is 0. The van der Waals surface area contributed by atoms with Gasteiger partial charge in [0.2, 0.25) is 5.78 Å². The molecular formula is C14H25NO2. The van der Waals surface area contributed by atoms with Crippen LogP contribution in [-0.4, -0.2) is 29.7 Å². The Morgan fingerprint density at radius 1 is 1.18 bits per heavy atom. The molecule has 0 aromatic carbocycles. The van der Waals surface area contributed by atoms with Crippen LogP contribution >= 0.6 is 0 Å². The molecule has 3 nitrogen and oxygen atoms in total. The maximum absolute atomic E-state index is 11.5. The van der Waals surface area contributed by atoms with E-state index in [2.05, 4.69) is 27.7 Å². The number of nitrogens with zero attached hydrogens (tertiary/aromatic N) is 1. The smallest absolute Gasteiger partial charge is 0.289 e. The summed E-state index contributed by atoms with van der Waals surface area (Å²) in [5, 5.41) is 0. The van der Waals surface area contributed by atoms with Crippen molar-refractivity contribution in [1.29, 1.82) is 0 Å². The molecule has 3 heteroatoms. The molecule has 17 heavy (non-hydrogen) atoms. The van der Waals surface area contributed by atoms with Crippen LogP contribution in [0.5, 0.6) is 0 Å². The van der Waals surface area contributed by atoms with E-state index >= 15 is 0 Å². The summed E-state index contributed by atoms with van der Waals surface area (Å²) in [6.07, 6.45) is 2.05. The highest BCUT2D eigenvalue weighted by molar-refractivity contribution is 6.35. The number of piperidine rings is 1. The fraction of sp³-hybridized carbons (Fsp3) is 0.857. The molecule has 1 aliphatic heterocycles. The fourth-order valence-electron chi connectivity index (χ4n) is 2.53. The van der Waals surface area contributed by atoms with E-state index in [1.54, 1.807) is 4.90 Å². The van der Waals surface area contributed by atoms with Crippen LogP contribution in [0, 0.1) is 17.3 Å². The maximum Gasteiger partial charge on any atom is 0.289 e. The van der Waals surface area contributed by atoms with Crippen molar-refractivity contribution >= 4 is 11.7 Å². The molecule has 1 heterocycles. The van der Waals surface area contributed by atoms with E-state index in [0.717, 1.165) is 25.9 Å². The molecule has 98 valence electrons. The first-order chi connectivity index (χ1) is 7.73. The highest BCUT2D eigenvalue weighted by Crippen LogP contribution is 2.36. The van der Waals surface area contributed by atoms with Gasteiger partial charge in [0.05, 0.1) is 0 Å².